The molecular weight excluding hydrogens is 382 g/mol. The highest BCUT2D eigenvalue weighted by atomic mass is 16.5. The zero-order chi connectivity index (χ0) is 21.7. The number of carbonyl (C=O) groups is 1. The number of amides is 1. The van der Waals surface area contributed by atoms with E-state index in [0.29, 0.717) is 34.8 Å². The number of nitrogens with zero attached hydrogens (tertiary/aromatic N) is 2. The van der Waals surface area contributed by atoms with Crippen LogP contribution in [0.1, 0.15) is 23.9 Å². The molecule has 2 aromatic carbocycles. The molecule has 3 aromatic rings. The zero-order valence-electron chi connectivity index (χ0n) is 17.6. The molecule has 30 heavy (non-hydrogen) atoms. The molecule has 3 rings (SSSR count). The molecule has 1 aromatic heterocycles. The van der Waals surface area contributed by atoms with Crippen molar-refractivity contribution < 1.29 is 14.3 Å². The van der Waals surface area contributed by atoms with Gasteiger partial charge in [-0.25, -0.2) is 4.98 Å². The van der Waals surface area contributed by atoms with Gasteiger partial charge in [-0.1, -0.05) is 29.8 Å². The van der Waals surface area contributed by atoms with Gasteiger partial charge in [0, 0.05) is 18.7 Å². The quantitative estimate of drug-likeness (QED) is 0.608. The molecule has 1 heterocycles. The first-order chi connectivity index (χ1) is 14.4. The van der Waals surface area contributed by atoms with E-state index < -0.39 is 0 Å². The smallest absolute Gasteiger partial charge is 0.258 e. The molecule has 156 valence electrons. The standard InChI is InChI=1S/C23H25N3O4/c1-5-26(22(27)10-9-16-8-6-7-15(2)11-16)14-21-24-18-13-20(30-4)19(29-3)12-17(18)23(28)25-21/h6-13H,5,14H2,1-4H3,(H,24,25,28)/b10-9+. The Morgan fingerprint density at radius 3 is 2.57 bits per heavy atom. The van der Waals surface area contributed by atoms with E-state index in [9.17, 15) is 9.59 Å². The predicted octanol–water partition coefficient (Wildman–Crippen LogP) is 3.31. The lowest BCUT2D eigenvalue weighted by atomic mass is 10.1. The highest BCUT2D eigenvalue weighted by Gasteiger charge is 2.14. The number of aromatic amines is 1. The SMILES string of the molecule is CCN(Cc1nc2cc(OC)c(OC)cc2c(=O)[nH]1)C(=O)/C=C/c1cccc(C)c1. The van der Waals surface area contributed by atoms with Gasteiger partial charge in [0.1, 0.15) is 5.82 Å². The van der Waals surface area contributed by atoms with Gasteiger partial charge < -0.3 is 19.4 Å². The molecule has 1 N–H and O–H groups in total. The molecule has 1 amide bonds. The molecule has 0 fully saturated rings. The molecule has 0 aliphatic rings. The largest absolute Gasteiger partial charge is 0.493 e. The number of rotatable bonds is 7. The maximum Gasteiger partial charge on any atom is 0.258 e. The first-order valence-corrected chi connectivity index (χ1v) is 9.63. The Hall–Kier alpha value is -3.61. The van der Waals surface area contributed by atoms with E-state index >= 15 is 0 Å². The Balaban J connectivity index is 1.85. The van der Waals surface area contributed by atoms with Crippen molar-refractivity contribution >= 4 is 22.9 Å². The van der Waals surface area contributed by atoms with Crippen LogP contribution in [0.5, 0.6) is 11.5 Å². The average molecular weight is 407 g/mol. The molecular formula is C23H25N3O4. The number of fused-ring (bicyclic) bond motifs is 1. The van der Waals surface area contributed by atoms with E-state index in [1.165, 1.54) is 20.3 Å². The van der Waals surface area contributed by atoms with Crippen molar-refractivity contribution in [3.8, 4) is 11.5 Å². The number of carbonyl (C=O) groups excluding carboxylic acids is 1. The second-order valence-corrected chi connectivity index (χ2v) is 6.84. The molecule has 0 unspecified atom stereocenters. The maximum absolute atomic E-state index is 12.7. The molecule has 0 bridgehead atoms. The highest BCUT2D eigenvalue weighted by molar-refractivity contribution is 5.91. The third kappa shape index (κ3) is 4.68. The number of ether oxygens (including phenoxy) is 2. The van der Waals surface area contributed by atoms with Gasteiger partial charge in [-0.15, -0.1) is 0 Å². The topological polar surface area (TPSA) is 84.5 Å². The summed E-state index contributed by atoms with van der Waals surface area (Å²) in [5, 5.41) is 0.394. The van der Waals surface area contributed by atoms with Crippen LogP contribution in [0.3, 0.4) is 0 Å². The van der Waals surface area contributed by atoms with Gasteiger partial charge in [0.15, 0.2) is 11.5 Å². The van der Waals surface area contributed by atoms with Gasteiger partial charge in [0.2, 0.25) is 5.91 Å². The normalized spacial score (nSPS) is 11.1. The minimum atomic E-state index is -0.297. The summed E-state index contributed by atoms with van der Waals surface area (Å²) in [7, 11) is 3.03. The zero-order valence-corrected chi connectivity index (χ0v) is 17.6. The van der Waals surface area contributed by atoms with Crippen LogP contribution >= 0.6 is 0 Å². The Morgan fingerprint density at radius 1 is 1.17 bits per heavy atom. The van der Waals surface area contributed by atoms with Crippen molar-refractivity contribution in [2.75, 3.05) is 20.8 Å². The molecule has 7 nitrogen and oxygen atoms in total. The van der Waals surface area contributed by atoms with Gasteiger partial charge in [0.25, 0.3) is 5.56 Å². The van der Waals surface area contributed by atoms with Gasteiger partial charge >= 0.3 is 0 Å². The van der Waals surface area contributed by atoms with E-state index in [4.69, 9.17) is 9.47 Å². The van der Waals surface area contributed by atoms with Gasteiger partial charge in [-0.05, 0) is 31.6 Å². The van der Waals surface area contributed by atoms with E-state index in [-0.39, 0.29) is 18.0 Å². The monoisotopic (exact) mass is 407 g/mol. The molecule has 0 saturated heterocycles. The van der Waals surface area contributed by atoms with Crippen LogP contribution in [-0.4, -0.2) is 41.5 Å². The van der Waals surface area contributed by atoms with Gasteiger partial charge in [-0.3, -0.25) is 9.59 Å². The fourth-order valence-electron chi connectivity index (χ4n) is 3.16. The van der Waals surface area contributed by atoms with Gasteiger partial charge in [-0.2, -0.15) is 0 Å². The van der Waals surface area contributed by atoms with Crippen LogP contribution in [0.15, 0.2) is 47.3 Å². The number of H-pyrrole nitrogens is 1. The van der Waals surface area contributed by atoms with Crippen LogP contribution in [-0.2, 0) is 11.3 Å². The van der Waals surface area contributed by atoms with E-state index in [1.54, 1.807) is 23.1 Å². The molecule has 7 heteroatoms. The van der Waals surface area contributed by atoms with Crippen molar-refractivity contribution in [2.24, 2.45) is 0 Å². The summed E-state index contributed by atoms with van der Waals surface area (Å²) in [6.45, 7) is 4.55. The number of benzene rings is 2. The lowest BCUT2D eigenvalue weighted by Gasteiger charge is -2.18. The Kier molecular flexibility index (Phi) is 6.51. The van der Waals surface area contributed by atoms with Crippen molar-refractivity contribution in [1.82, 2.24) is 14.9 Å². The Morgan fingerprint density at radius 2 is 1.90 bits per heavy atom. The van der Waals surface area contributed by atoms with Crippen LogP contribution in [0.2, 0.25) is 0 Å². The summed E-state index contributed by atoms with van der Waals surface area (Å²) in [6.07, 6.45) is 3.32. The second-order valence-electron chi connectivity index (χ2n) is 6.84. The van der Waals surface area contributed by atoms with Crippen LogP contribution < -0.4 is 15.0 Å². The van der Waals surface area contributed by atoms with Crippen molar-refractivity contribution in [2.45, 2.75) is 20.4 Å². The van der Waals surface area contributed by atoms with Crippen molar-refractivity contribution in [3.63, 3.8) is 0 Å². The maximum atomic E-state index is 12.7. The third-order valence-corrected chi connectivity index (χ3v) is 4.75. The minimum absolute atomic E-state index is 0.158. The Bertz CT molecular complexity index is 1150. The number of likely N-dealkylation sites (N-methyl/N-ethyl adjacent to an activating group) is 1. The van der Waals surface area contributed by atoms with E-state index in [2.05, 4.69) is 9.97 Å². The first kappa shape index (κ1) is 21.1. The third-order valence-electron chi connectivity index (χ3n) is 4.75. The number of aromatic nitrogens is 2. The fourth-order valence-corrected chi connectivity index (χ4v) is 3.16. The van der Waals surface area contributed by atoms with Crippen LogP contribution in [0.4, 0.5) is 0 Å². The molecule has 0 atom stereocenters. The van der Waals surface area contributed by atoms with Crippen LogP contribution in [0.25, 0.3) is 17.0 Å². The number of methoxy groups -OCH3 is 2. The number of hydrogen-bond acceptors (Lipinski definition) is 5. The highest BCUT2D eigenvalue weighted by Crippen LogP contribution is 2.29. The number of aryl methyl sites for hydroxylation is 1. The Labute approximate surface area is 175 Å². The summed E-state index contributed by atoms with van der Waals surface area (Å²) >= 11 is 0. The first-order valence-electron chi connectivity index (χ1n) is 9.63. The summed E-state index contributed by atoms with van der Waals surface area (Å²) in [5.74, 6) is 1.18. The predicted molar refractivity (Wildman–Crippen MR) is 117 cm³/mol. The van der Waals surface area contributed by atoms with E-state index in [0.717, 1.165) is 11.1 Å². The summed E-state index contributed by atoms with van der Waals surface area (Å²) < 4.78 is 10.5. The molecule has 0 aliphatic carbocycles. The molecule has 0 aliphatic heterocycles. The summed E-state index contributed by atoms with van der Waals surface area (Å²) in [4.78, 5) is 34.1. The minimum Gasteiger partial charge on any atom is -0.493 e. The van der Waals surface area contributed by atoms with Crippen LogP contribution in [0, 0.1) is 6.92 Å². The van der Waals surface area contributed by atoms with Gasteiger partial charge in [0.05, 0.1) is 31.7 Å². The van der Waals surface area contributed by atoms with E-state index in [1.807, 2.05) is 38.1 Å². The lowest BCUT2D eigenvalue weighted by molar-refractivity contribution is -0.126. The van der Waals surface area contributed by atoms with Crippen molar-refractivity contribution in [1.29, 1.82) is 0 Å². The molecule has 0 saturated carbocycles. The number of hydrogen-bond donors (Lipinski definition) is 1. The summed E-state index contributed by atoms with van der Waals surface area (Å²) in [5.41, 5.74) is 2.26. The second kappa shape index (κ2) is 9.26. The molecule has 0 radical (unpaired) electrons. The fraction of sp³-hybridized carbons (Fsp3) is 0.261. The lowest BCUT2D eigenvalue weighted by Crippen LogP contribution is -2.30. The van der Waals surface area contributed by atoms with Crippen molar-refractivity contribution in [3.05, 3.63) is 69.8 Å². The average Bonchev–Trinajstić information content (AvgIpc) is 2.75. The number of nitrogens with one attached hydrogen (secondary N) is 1. The summed E-state index contributed by atoms with van der Waals surface area (Å²) in [6, 6.07) is 11.1. The molecule has 0 spiro atoms.